The highest BCUT2D eigenvalue weighted by Gasteiger charge is 2.35. The first-order chi connectivity index (χ1) is 23.9. The van der Waals surface area contributed by atoms with E-state index in [1.165, 1.54) is 4.90 Å². The van der Waals surface area contributed by atoms with Crippen LogP contribution in [0.1, 0.15) is 27.8 Å². The summed E-state index contributed by atoms with van der Waals surface area (Å²) in [7, 11) is 0. The number of imide groups is 1. The number of benzene rings is 5. The van der Waals surface area contributed by atoms with Crippen LogP contribution in [0.15, 0.2) is 132 Å². The maximum Gasteiger partial charge on any atom is 0.293 e. The van der Waals surface area contributed by atoms with Crippen LogP contribution in [-0.4, -0.2) is 20.6 Å². The summed E-state index contributed by atoms with van der Waals surface area (Å²) in [4.78, 5) is 27.9. The summed E-state index contributed by atoms with van der Waals surface area (Å²) in [5.41, 5.74) is 5.71. The van der Waals surface area contributed by atoms with E-state index < -0.39 is 0 Å². The van der Waals surface area contributed by atoms with Crippen molar-refractivity contribution in [3.63, 3.8) is 0 Å². The number of aromatic nitrogens is 1. The summed E-state index contributed by atoms with van der Waals surface area (Å²) < 4.78 is 14.7. The molecule has 1 aromatic heterocycles. The molecule has 0 spiro atoms. The zero-order valence-electron chi connectivity index (χ0n) is 26.2. The third kappa shape index (κ3) is 7.55. The molecule has 1 aliphatic heterocycles. The Morgan fingerprint density at radius 3 is 1.98 bits per heavy atom. The lowest BCUT2D eigenvalue weighted by Gasteiger charge is -2.15. The lowest BCUT2D eigenvalue weighted by Crippen LogP contribution is -2.27. The second-order valence-electron chi connectivity index (χ2n) is 11.6. The fourth-order valence-electron chi connectivity index (χ4n) is 5.67. The van der Waals surface area contributed by atoms with Gasteiger partial charge in [0, 0.05) is 29.2 Å². The van der Waals surface area contributed by atoms with Crippen molar-refractivity contribution in [3.8, 4) is 11.5 Å². The van der Waals surface area contributed by atoms with Gasteiger partial charge in [-0.15, -0.1) is 0 Å². The van der Waals surface area contributed by atoms with Crippen LogP contribution in [0.25, 0.3) is 17.0 Å². The van der Waals surface area contributed by atoms with Gasteiger partial charge in [0.25, 0.3) is 11.1 Å². The number of hydrogen-bond acceptors (Lipinski definition) is 5. The van der Waals surface area contributed by atoms with Crippen molar-refractivity contribution in [1.29, 1.82) is 0 Å². The van der Waals surface area contributed by atoms with E-state index in [2.05, 4.69) is 4.57 Å². The van der Waals surface area contributed by atoms with Crippen molar-refractivity contribution in [1.82, 2.24) is 9.47 Å². The van der Waals surface area contributed by atoms with E-state index in [0.29, 0.717) is 46.2 Å². The third-order valence-corrected chi connectivity index (χ3v) is 9.79. The van der Waals surface area contributed by atoms with E-state index in [-0.39, 0.29) is 17.7 Å². The van der Waals surface area contributed by atoms with Crippen LogP contribution in [0.2, 0.25) is 10.0 Å². The molecule has 0 bridgehead atoms. The molecular weight excluding hydrogens is 675 g/mol. The number of carbonyl (C=O) groups excluding carboxylic acids is 2. The van der Waals surface area contributed by atoms with Gasteiger partial charge in [-0.25, -0.2) is 0 Å². The van der Waals surface area contributed by atoms with Gasteiger partial charge in [0.15, 0.2) is 11.5 Å². The molecule has 1 saturated heterocycles. The Hall–Kier alpha value is -4.95. The number of para-hydroxylation sites is 1. The number of carbonyl (C=O) groups is 2. The van der Waals surface area contributed by atoms with E-state index >= 15 is 0 Å². The molecule has 5 aromatic carbocycles. The highest BCUT2D eigenvalue weighted by Crippen LogP contribution is 2.36. The molecule has 0 aliphatic carbocycles. The minimum Gasteiger partial charge on any atom is -0.485 e. The number of hydrogen-bond donors (Lipinski definition) is 0. The first-order valence-corrected chi connectivity index (χ1v) is 17.2. The summed E-state index contributed by atoms with van der Waals surface area (Å²) in [6.07, 6.45) is 3.81. The highest BCUT2D eigenvalue weighted by molar-refractivity contribution is 8.18. The molecule has 0 unspecified atom stereocenters. The first-order valence-electron chi connectivity index (χ1n) is 15.6. The molecule has 1 fully saturated rings. The Balaban J connectivity index is 1.14. The van der Waals surface area contributed by atoms with Gasteiger partial charge in [0.2, 0.25) is 0 Å². The molecule has 0 saturated carbocycles. The van der Waals surface area contributed by atoms with Crippen LogP contribution in [0.3, 0.4) is 0 Å². The predicted octanol–water partition coefficient (Wildman–Crippen LogP) is 10.4. The van der Waals surface area contributed by atoms with Crippen molar-refractivity contribution in [2.24, 2.45) is 0 Å². The Morgan fingerprint density at radius 1 is 0.633 bits per heavy atom. The second kappa shape index (κ2) is 14.7. The molecule has 6 aromatic rings. The standard InChI is InChI=1S/C40H30Cl2N2O4S/c41-33-17-15-29(19-34(33)42)23-44-39(45)38(49-40(44)46)21-31-24-43(35-14-8-7-13-32(31)35)22-30-16-18-36(47-25-27-9-3-1-4-10-27)37(20-30)48-26-28-11-5-2-6-12-28/h1-21,24H,22-23,25-26H2/b38-21-. The molecule has 9 heteroatoms. The van der Waals surface area contributed by atoms with Gasteiger partial charge >= 0.3 is 0 Å². The van der Waals surface area contributed by atoms with Gasteiger partial charge in [-0.1, -0.05) is 114 Å². The predicted molar refractivity (Wildman–Crippen MR) is 197 cm³/mol. The Labute approximate surface area is 298 Å². The molecule has 6 nitrogen and oxygen atoms in total. The molecule has 244 valence electrons. The van der Waals surface area contributed by atoms with Crippen LogP contribution >= 0.6 is 35.0 Å². The van der Waals surface area contributed by atoms with Crippen LogP contribution < -0.4 is 9.47 Å². The molecule has 49 heavy (non-hydrogen) atoms. The number of nitrogens with zero attached hydrogens (tertiary/aromatic N) is 2. The van der Waals surface area contributed by atoms with Crippen molar-refractivity contribution in [3.05, 3.63) is 170 Å². The second-order valence-corrected chi connectivity index (χ2v) is 13.4. The van der Waals surface area contributed by atoms with Crippen LogP contribution in [-0.2, 0) is 31.1 Å². The Morgan fingerprint density at radius 2 is 1.27 bits per heavy atom. The van der Waals surface area contributed by atoms with Crippen LogP contribution in [0, 0.1) is 0 Å². The monoisotopic (exact) mass is 704 g/mol. The SMILES string of the molecule is O=C1S/C(=C\c2cn(Cc3ccc(OCc4ccccc4)c(OCc4ccccc4)c3)c3ccccc23)C(=O)N1Cc1ccc(Cl)c(Cl)c1. The van der Waals surface area contributed by atoms with Gasteiger partial charge < -0.3 is 14.0 Å². The minimum atomic E-state index is -0.343. The molecule has 0 atom stereocenters. The normalized spacial score (nSPS) is 13.8. The van der Waals surface area contributed by atoms with Gasteiger partial charge in [0.1, 0.15) is 13.2 Å². The zero-order chi connectivity index (χ0) is 33.7. The maximum atomic E-state index is 13.4. The zero-order valence-corrected chi connectivity index (χ0v) is 28.6. The molecule has 7 rings (SSSR count). The minimum absolute atomic E-state index is 0.111. The fraction of sp³-hybridized carbons (Fsp3) is 0.100. The van der Waals surface area contributed by atoms with Gasteiger partial charge in [0.05, 0.1) is 21.5 Å². The van der Waals surface area contributed by atoms with Gasteiger partial charge in [-0.3, -0.25) is 14.5 Å². The topological polar surface area (TPSA) is 60.8 Å². The Bertz CT molecular complexity index is 2180. The quantitative estimate of drug-likeness (QED) is 0.126. The average molecular weight is 706 g/mol. The number of fused-ring (bicyclic) bond motifs is 1. The van der Waals surface area contributed by atoms with Crippen LogP contribution in [0.4, 0.5) is 4.79 Å². The summed E-state index contributed by atoms with van der Waals surface area (Å²) in [6.45, 7) is 1.49. The number of amides is 2. The van der Waals surface area contributed by atoms with Crippen molar-refractivity contribution >= 4 is 63.1 Å². The largest absolute Gasteiger partial charge is 0.485 e. The van der Waals surface area contributed by atoms with E-state index in [9.17, 15) is 9.59 Å². The maximum absolute atomic E-state index is 13.4. The van der Waals surface area contributed by atoms with Crippen LogP contribution in [0.5, 0.6) is 11.5 Å². The lowest BCUT2D eigenvalue weighted by atomic mass is 10.1. The summed E-state index contributed by atoms with van der Waals surface area (Å²) in [5.74, 6) is 0.979. The van der Waals surface area contributed by atoms with E-state index in [4.69, 9.17) is 32.7 Å². The summed E-state index contributed by atoms with van der Waals surface area (Å²) in [5, 5.41) is 1.43. The van der Waals surface area contributed by atoms with Gasteiger partial charge in [-0.05, 0) is 70.4 Å². The number of ether oxygens (including phenoxy) is 2. The molecule has 1 aliphatic rings. The van der Waals surface area contributed by atoms with Crippen molar-refractivity contribution in [2.75, 3.05) is 0 Å². The smallest absolute Gasteiger partial charge is 0.293 e. The van der Waals surface area contributed by atoms with Crippen molar-refractivity contribution in [2.45, 2.75) is 26.3 Å². The van der Waals surface area contributed by atoms with E-state index in [0.717, 1.165) is 50.5 Å². The lowest BCUT2D eigenvalue weighted by molar-refractivity contribution is -0.123. The first kappa shape index (κ1) is 32.6. The van der Waals surface area contributed by atoms with Gasteiger partial charge in [-0.2, -0.15) is 0 Å². The van der Waals surface area contributed by atoms with Crippen molar-refractivity contribution < 1.29 is 19.1 Å². The number of thioether (sulfide) groups is 1. The summed E-state index contributed by atoms with van der Waals surface area (Å²) >= 11 is 13.1. The summed E-state index contributed by atoms with van der Waals surface area (Å²) in [6, 6.07) is 39.2. The van der Waals surface area contributed by atoms with E-state index in [1.807, 2.05) is 109 Å². The highest BCUT2D eigenvalue weighted by atomic mass is 35.5. The number of rotatable bonds is 11. The average Bonchev–Trinajstić information content (AvgIpc) is 3.60. The molecular formula is C40H30Cl2N2O4S. The third-order valence-electron chi connectivity index (χ3n) is 8.14. The van der Waals surface area contributed by atoms with E-state index in [1.54, 1.807) is 24.3 Å². The fourth-order valence-corrected chi connectivity index (χ4v) is 6.82. The molecule has 0 N–H and O–H groups in total. The molecule has 2 heterocycles. The number of halogens is 2. The molecule has 0 radical (unpaired) electrons. The molecule has 2 amide bonds. The Kier molecular flexibility index (Phi) is 9.75.